The lowest BCUT2D eigenvalue weighted by molar-refractivity contribution is 0.169. The summed E-state index contributed by atoms with van der Waals surface area (Å²) in [7, 11) is 0. The molecule has 72 valence electrons. The molecular formula is C10H22N2. The zero-order valence-corrected chi connectivity index (χ0v) is 8.64. The largest absolute Gasteiger partial charge is 0.313 e. The smallest absolute Gasteiger partial charge is 0.0221 e. The highest BCUT2D eigenvalue weighted by Gasteiger charge is 2.20. The lowest BCUT2D eigenvalue weighted by Gasteiger charge is -2.35. The average molecular weight is 170 g/mol. The highest BCUT2D eigenvalue weighted by molar-refractivity contribution is 4.80. The van der Waals surface area contributed by atoms with Crippen LogP contribution in [-0.2, 0) is 0 Å². The summed E-state index contributed by atoms with van der Waals surface area (Å²) < 4.78 is 0. The summed E-state index contributed by atoms with van der Waals surface area (Å²) in [5.41, 5.74) is 0. The van der Waals surface area contributed by atoms with Crippen LogP contribution in [0.5, 0.6) is 0 Å². The highest BCUT2D eigenvalue weighted by Crippen LogP contribution is 2.12. The minimum atomic E-state index is 0.733. The molecule has 2 heteroatoms. The summed E-state index contributed by atoms with van der Waals surface area (Å²) in [6, 6.07) is 1.52. The van der Waals surface area contributed by atoms with Gasteiger partial charge in [-0.1, -0.05) is 13.8 Å². The first kappa shape index (κ1) is 10.0. The molecule has 0 amide bonds. The standard InChI is InChI=1S/C10H22N2/c1-4-12(5-2)10-7-6-9(3)11-8-10/h9-11H,4-8H2,1-3H3. The third-order valence-electron chi connectivity index (χ3n) is 2.96. The van der Waals surface area contributed by atoms with E-state index in [4.69, 9.17) is 0 Å². The molecule has 1 aliphatic heterocycles. The maximum absolute atomic E-state index is 3.54. The van der Waals surface area contributed by atoms with E-state index in [1.165, 1.54) is 32.5 Å². The molecule has 0 bridgehead atoms. The van der Waals surface area contributed by atoms with Crippen LogP contribution in [0.15, 0.2) is 0 Å². The Balaban J connectivity index is 2.32. The molecule has 2 unspecified atom stereocenters. The third kappa shape index (κ3) is 2.46. The van der Waals surface area contributed by atoms with Gasteiger partial charge in [-0.2, -0.15) is 0 Å². The number of rotatable bonds is 3. The normalized spacial score (nSPS) is 31.0. The van der Waals surface area contributed by atoms with E-state index < -0.39 is 0 Å². The SMILES string of the molecule is CCN(CC)C1CCC(C)NC1. The van der Waals surface area contributed by atoms with Gasteiger partial charge in [0, 0.05) is 18.6 Å². The molecule has 0 saturated carbocycles. The van der Waals surface area contributed by atoms with Crippen molar-refractivity contribution >= 4 is 0 Å². The monoisotopic (exact) mass is 170 g/mol. The zero-order chi connectivity index (χ0) is 8.97. The van der Waals surface area contributed by atoms with Crippen molar-refractivity contribution < 1.29 is 0 Å². The Morgan fingerprint density at radius 3 is 2.33 bits per heavy atom. The second-order valence-electron chi connectivity index (χ2n) is 3.76. The number of nitrogens with one attached hydrogen (secondary N) is 1. The Morgan fingerprint density at radius 1 is 1.25 bits per heavy atom. The number of nitrogens with zero attached hydrogens (tertiary/aromatic N) is 1. The minimum absolute atomic E-state index is 0.733. The van der Waals surface area contributed by atoms with Gasteiger partial charge in [0.1, 0.15) is 0 Å². The molecule has 0 aromatic rings. The Hall–Kier alpha value is -0.0800. The minimum Gasteiger partial charge on any atom is -0.313 e. The van der Waals surface area contributed by atoms with Crippen LogP contribution >= 0.6 is 0 Å². The summed E-state index contributed by atoms with van der Waals surface area (Å²) in [5, 5.41) is 3.54. The number of likely N-dealkylation sites (N-methyl/N-ethyl adjacent to an activating group) is 1. The van der Waals surface area contributed by atoms with Gasteiger partial charge in [0.15, 0.2) is 0 Å². The molecule has 1 aliphatic rings. The van der Waals surface area contributed by atoms with Gasteiger partial charge in [0.25, 0.3) is 0 Å². The molecule has 0 aromatic carbocycles. The maximum atomic E-state index is 3.54. The maximum Gasteiger partial charge on any atom is 0.0221 e. The van der Waals surface area contributed by atoms with Gasteiger partial charge < -0.3 is 5.32 Å². The Kier molecular flexibility index (Phi) is 4.02. The summed E-state index contributed by atoms with van der Waals surface area (Å²) in [5.74, 6) is 0. The van der Waals surface area contributed by atoms with Gasteiger partial charge in [-0.25, -0.2) is 0 Å². The van der Waals surface area contributed by atoms with E-state index in [1.807, 2.05) is 0 Å². The van der Waals surface area contributed by atoms with Gasteiger partial charge in [-0.3, -0.25) is 4.90 Å². The van der Waals surface area contributed by atoms with E-state index in [1.54, 1.807) is 0 Å². The van der Waals surface area contributed by atoms with Crippen LogP contribution in [0.3, 0.4) is 0 Å². The van der Waals surface area contributed by atoms with Crippen LogP contribution in [0.2, 0.25) is 0 Å². The van der Waals surface area contributed by atoms with Crippen molar-refractivity contribution in [3.8, 4) is 0 Å². The zero-order valence-electron chi connectivity index (χ0n) is 8.64. The summed E-state index contributed by atoms with van der Waals surface area (Å²) >= 11 is 0. The fourth-order valence-corrected chi connectivity index (χ4v) is 2.04. The molecule has 1 rings (SSSR count). The van der Waals surface area contributed by atoms with Crippen molar-refractivity contribution in [2.75, 3.05) is 19.6 Å². The van der Waals surface area contributed by atoms with Gasteiger partial charge in [0.05, 0.1) is 0 Å². The summed E-state index contributed by atoms with van der Waals surface area (Å²) in [6.07, 6.45) is 2.71. The summed E-state index contributed by atoms with van der Waals surface area (Å²) in [6.45, 7) is 10.3. The molecule has 1 heterocycles. The van der Waals surface area contributed by atoms with Gasteiger partial charge in [-0.15, -0.1) is 0 Å². The van der Waals surface area contributed by atoms with E-state index in [0.29, 0.717) is 0 Å². The van der Waals surface area contributed by atoms with Crippen LogP contribution in [0.4, 0.5) is 0 Å². The van der Waals surface area contributed by atoms with Crippen molar-refractivity contribution in [1.82, 2.24) is 10.2 Å². The van der Waals surface area contributed by atoms with Crippen LogP contribution in [0.1, 0.15) is 33.6 Å². The third-order valence-corrected chi connectivity index (χ3v) is 2.96. The molecular weight excluding hydrogens is 148 g/mol. The molecule has 0 aliphatic carbocycles. The fourth-order valence-electron chi connectivity index (χ4n) is 2.04. The Morgan fingerprint density at radius 2 is 1.92 bits per heavy atom. The first-order valence-corrected chi connectivity index (χ1v) is 5.25. The lowest BCUT2D eigenvalue weighted by atomic mass is 10.0. The molecule has 0 aromatic heterocycles. The molecule has 0 spiro atoms. The molecule has 1 saturated heterocycles. The molecule has 12 heavy (non-hydrogen) atoms. The van der Waals surface area contributed by atoms with Crippen molar-refractivity contribution in [2.24, 2.45) is 0 Å². The van der Waals surface area contributed by atoms with E-state index >= 15 is 0 Å². The van der Waals surface area contributed by atoms with Crippen molar-refractivity contribution in [3.63, 3.8) is 0 Å². The Bertz CT molecular complexity index is 113. The predicted octanol–water partition coefficient (Wildman–Crippen LogP) is 1.47. The van der Waals surface area contributed by atoms with E-state index in [9.17, 15) is 0 Å². The van der Waals surface area contributed by atoms with E-state index in [-0.39, 0.29) is 0 Å². The first-order valence-electron chi connectivity index (χ1n) is 5.25. The number of hydrogen-bond donors (Lipinski definition) is 1. The molecule has 2 nitrogen and oxygen atoms in total. The second kappa shape index (κ2) is 4.83. The van der Waals surface area contributed by atoms with Crippen molar-refractivity contribution in [1.29, 1.82) is 0 Å². The van der Waals surface area contributed by atoms with E-state index in [2.05, 4.69) is 31.0 Å². The van der Waals surface area contributed by atoms with Crippen LogP contribution in [0, 0.1) is 0 Å². The quantitative estimate of drug-likeness (QED) is 0.690. The van der Waals surface area contributed by atoms with Gasteiger partial charge >= 0.3 is 0 Å². The summed E-state index contributed by atoms with van der Waals surface area (Å²) in [4.78, 5) is 2.55. The number of piperidine rings is 1. The second-order valence-corrected chi connectivity index (χ2v) is 3.76. The fraction of sp³-hybridized carbons (Fsp3) is 1.00. The van der Waals surface area contributed by atoms with Crippen LogP contribution < -0.4 is 5.32 Å². The van der Waals surface area contributed by atoms with Crippen molar-refractivity contribution in [3.05, 3.63) is 0 Å². The average Bonchev–Trinajstić information content (AvgIpc) is 2.10. The first-order chi connectivity index (χ1) is 5.77. The molecule has 2 atom stereocenters. The molecule has 1 fully saturated rings. The highest BCUT2D eigenvalue weighted by atomic mass is 15.2. The van der Waals surface area contributed by atoms with E-state index in [0.717, 1.165) is 12.1 Å². The molecule has 1 N–H and O–H groups in total. The lowest BCUT2D eigenvalue weighted by Crippen LogP contribution is -2.48. The topological polar surface area (TPSA) is 15.3 Å². The van der Waals surface area contributed by atoms with Crippen LogP contribution in [-0.4, -0.2) is 36.6 Å². The van der Waals surface area contributed by atoms with Crippen LogP contribution in [0.25, 0.3) is 0 Å². The molecule has 0 radical (unpaired) electrons. The Labute approximate surface area is 76.3 Å². The van der Waals surface area contributed by atoms with Gasteiger partial charge in [-0.05, 0) is 32.9 Å². The number of hydrogen-bond acceptors (Lipinski definition) is 2. The van der Waals surface area contributed by atoms with Gasteiger partial charge in [0.2, 0.25) is 0 Å². The predicted molar refractivity (Wildman–Crippen MR) is 53.4 cm³/mol. The van der Waals surface area contributed by atoms with Crippen molar-refractivity contribution in [2.45, 2.75) is 45.7 Å².